The average molecular weight is 380 g/mol. The summed E-state index contributed by atoms with van der Waals surface area (Å²) >= 11 is 0. The average Bonchev–Trinajstić information content (AvgIpc) is 2.55. The highest BCUT2D eigenvalue weighted by molar-refractivity contribution is 7.89. The SMILES string of the molecule is Cc1c(F)cccc1S(=O)(=O)N1CCCC(C(=O)NCCN)C1.Cl. The molecule has 1 heterocycles. The number of hydrogen-bond acceptors (Lipinski definition) is 4. The molecule has 1 aromatic carbocycles. The van der Waals surface area contributed by atoms with E-state index in [1.54, 1.807) is 0 Å². The zero-order valence-corrected chi connectivity index (χ0v) is 15.1. The first-order valence-electron chi connectivity index (χ1n) is 7.61. The molecule has 1 atom stereocenters. The number of nitrogens with two attached hydrogens (primary N) is 1. The number of amides is 1. The standard InChI is InChI=1S/C15H22FN3O3S.ClH/c1-11-13(16)5-2-6-14(11)23(21,22)19-9-3-4-12(10-19)15(20)18-8-7-17;/h2,5-6,12H,3-4,7-10,17H2,1H3,(H,18,20);1H. The minimum absolute atomic E-state index is 0. The molecule has 1 aliphatic rings. The molecule has 136 valence electrons. The highest BCUT2D eigenvalue weighted by Gasteiger charge is 2.34. The molecule has 9 heteroatoms. The lowest BCUT2D eigenvalue weighted by atomic mass is 9.99. The third kappa shape index (κ3) is 4.44. The van der Waals surface area contributed by atoms with Crippen molar-refractivity contribution in [3.63, 3.8) is 0 Å². The topological polar surface area (TPSA) is 92.5 Å². The fourth-order valence-electron chi connectivity index (χ4n) is 2.72. The fourth-order valence-corrected chi connectivity index (χ4v) is 4.48. The Balaban J connectivity index is 0.00000288. The van der Waals surface area contributed by atoms with Crippen molar-refractivity contribution in [1.82, 2.24) is 9.62 Å². The van der Waals surface area contributed by atoms with Crippen LogP contribution in [0.5, 0.6) is 0 Å². The molecule has 0 saturated carbocycles. The second-order valence-corrected chi connectivity index (χ2v) is 7.55. The first kappa shape index (κ1) is 20.8. The summed E-state index contributed by atoms with van der Waals surface area (Å²) in [6.07, 6.45) is 1.22. The minimum Gasteiger partial charge on any atom is -0.355 e. The second-order valence-electron chi connectivity index (χ2n) is 5.64. The zero-order chi connectivity index (χ0) is 17.0. The van der Waals surface area contributed by atoms with Gasteiger partial charge in [-0.25, -0.2) is 12.8 Å². The number of nitrogens with zero attached hydrogens (tertiary/aromatic N) is 1. The normalized spacial score (nSPS) is 18.7. The van der Waals surface area contributed by atoms with Crippen molar-refractivity contribution in [2.45, 2.75) is 24.7 Å². The van der Waals surface area contributed by atoms with E-state index >= 15 is 0 Å². The summed E-state index contributed by atoms with van der Waals surface area (Å²) < 4.78 is 40.4. The Kier molecular flexibility index (Phi) is 7.59. The lowest BCUT2D eigenvalue weighted by molar-refractivity contribution is -0.126. The van der Waals surface area contributed by atoms with Crippen LogP contribution >= 0.6 is 12.4 Å². The Morgan fingerprint density at radius 3 is 2.83 bits per heavy atom. The van der Waals surface area contributed by atoms with Gasteiger partial charge in [0.2, 0.25) is 15.9 Å². The van der Waals surface area contributed by atoms with Gasteiger partial charge >= 0.3 is 0 Å². The van der Waals surface area contributed by atoms with E-state index in [1.165, 1.54) is 29.4 Å². The van der Waals surface area contributed by atoms with Crippen molar-refractivity contribution >= 4 is 28.3 Å². The van der Waals surface area contributed by atoms with Gasteiger partial charge in [0.15, 0.2) is 0 Å². The first-order chi connectivity index (χ1) is 10.9. The highest BCUT2D eigenvalue weighted by Crippen LogP contribution is 2.26. The van der Waals surface area contributed by atoms with Crippen LogP contribution in [0.3, 0.4) is 0 Å². The molecule has 3 N–H and O–H groups in total. The predicted octanol–water partition coefficient (Wildman–Crippen LogP) is 1.03. The summed E-state index contributed by atoms with van der Waals surface area (Å²) in [7, 11) is -3.81. The maximum absolute atomic E-state index is 13.7. The molecule has 24 heavy (non-hydrogen) atoms. The van der Waals surface area contributed by atoms with Crippen LogP contribution < -0.4 is 11.1 Å². The Morgan fingerprint density at radius 2 is 2.17 bits per heavy atom. The summed E-state index contributed by atoms with van der Waals surface area (Å²) in [4.78, 5) is 12.0. The molecule has 1 amide bonds. The molecular weight excluding hydrogens is 357 g/mol. The van der Waals surface area contributed by atoms with Gasteiger partial charge < -0.3 is 11.1 Å². The fraction of sp³-hybridized carbons (Fsp3) is 0.533. The Morgan fingerprint density at radius 1 is 1.46 bits per heavy atom. The van der Waals surface area contributed by atoms with Gasteiger partial charge in [-0.15, -0.1) is 12.4 Å². The Labute approximate surface area is 148 Å². The number of piperidine rings is 1. The largest absolute Gasteiger partial charge is 0.355 e. The van der Waals surface area contributed by atoms with E-state index in [0.717, 1.165) is 0 Å². The van der Waals surface area contributed by atoms with Gasteiger partial charge in [0, 0.05) is 31.7 Å². The lowest BCUT2D eigenvalue weighted by Crippen LogP contribution is -2.46. The number of carbonyl (C=O) groups is 1. The molecular formula is C15H23ClFN3O3S. The number of rotatable bonds is 5. The molecule has 1 fully saturated rings. The van der Waals surface area contributed by atoms with Crippen LogP contribution in [-0.4, -0.2) is 44.8 Å². The van der Waals surface area contributed by atoms with Crippen LogP contribution in [0.2, 0.25) is 0 Å². The van der Waals surface area contributed by atoms with Crippen molar-refractivity contribution in [2.75, 3.05) is 26.2 Å². The first-order valence-corrected chi connectivity index (χ1v) is 9.05. The van der Waals surface area contributed by atoms with Crippen molar-refractivity contribution < 1.29 is 17.6 Å². The van der Waals surface area contributed by atoms with E-state index < -0.39 is 21.8 Å². The van der Waals surface area contributed by atoms with Gasteiger partial charge in [-0.2, -0.15) is 4.31 Å². The summed E-state index contributed by atoms with van der Waals surface area (Å²) in [5.41, 5.74) is 5.45. The third-order valence-electron chi connectivity index (χ3n) is 4.03. The van der Waals surface area contributed by atoms with Crippen LogP contribution in [-0.2, 0) is 14.8 Å². The van der Waals surface area contributed by atoms with E-state index in [9.17, 15) is 17.6 Å². The molecule has 0 radical (unpaired) electrons. The molecule has 6 nitrogen and oxygen atoms in total. The number of carbonyl (C=O) groups excluding carboxylic acids is 1. The van der Waals surface area contributed by atoms with E-state index in [-0.39, 0.29) is 35.3 Å². The van der Waals surface area contributed by atoms with Crippen LogP contribution in [0.25, 0.3) is 0 Å². The van der Waals surface area contributed by atoms with E-state index in [2.05, 4.69) is 5.32 Å². The van der Waals surface area contributed by atoms with Crippen LogP contribution in [0, 0.1) is 18.7 Å². The number of benzene rings is 1. The maximum atomic E-state index is 13.7. The van der Waals surface area contributed by atoms with Gasteiger partial charge in [0.1, 0.15) is 5.82 Å². The van der Waals surface area contributed by atoms with Gasteiger partial charge in [-0.05, 0) is 31.9 Å². The molecule has 1 saturated heterocycles. The van der Waals surface area contributed by atoms with E-state index in [0.29, 0.717) is 32.5 Å². The molecule has 0 aliphatic carbocycles. The summed E-state index contributed by atoms with van der Waals surface area (Å²) in [6, 6.07) is 4.00. The summed E-state index contributed by atoms with van der Waals surface area (Å²) in [5, 5.41) is 2.69. The highest BCUT2D eigenvalue weighted by atomic mass is 35.5. The monoisotopic (exact) mass is 379 g/mol. The van der Waals surface area contributed by atoms with E-state index in [4.69, 9.17) is 5.73 Å². The number of nitrogens with one attached hydrogen (secondary N) is 1. The smallest absolute Gasteiger partial charge is 0.243 e. The van der Waals surface area contributed by atoms with Crippen molar-refractivity contribution in [2.24, 2.45) is 11.7 Å². The van der Waals surface area contributed by atoms with Crippen LogP contribution in [0.1, 0.15) is 18.4 Å². The predicted molar refractivity (Wildman–Crippen MR) is 91.9 cm³/mol. The Bertz CT molecular complexity index is 685. The summed E-state index contributed by atoms with van der Waals surface area (Å²) in [5.74, 6) is -1.15. The van der Waals surface area contributed by atoms with Crippen LogP contribution in [0.4, 0.5) is 4.39 Å². The lowest BCUT2D eigenvalue weighted by Gasteiger charge is -2.31. The van der Waals surface area contributed by atoms with Crippen LogP contribution in [0.15, 0.2) is 23.1 Å². The van der Waals surface area contributed by atoms with Gasteiger partial charge in [-0.3, -0.25) is 4.79 Å². The molecule has 0 aromatic heterocycles. The molecule has 0 bridgehead atoms. The molecule has 2 rings (SSSR count). The second kappa shape index (κ2) is 8.75. The van der Waals surface area contributed by atoms with Crippen molar-refractivity contribution in [3.05, 3.63) is 29.6 Å². The summed E-state index contributed by atoms with van der Waals surface area (Å²) in [6.45, 7) is 2.58. The van der Waals surface area contributed by atoms with Crippen molar-refractivity contribution in [1.29, 1.82) is 0 Å². The van der Waals surface area contributed by atoms with Gasteiger partial charge in [-0.1, -0.05) is 6.07 Å². The maximum Gasteiger partial charge on any atom is 0.243 e. The van der Waals surface area contributed by atoms with Gasteiger partial charge in [0.25, 0.3) is 0 Å². The van der Waals surface area contributed by atoms with Gasteiger partial charge in [0.05, 0.1) is 10.8 Å². The third-order valence-corrected chi connectivity index (χ3v) is 6.04. The number of sulfonamides is 1. The quantitative estimate of drug-likeness (QED) is 0.799. The molecule has 1 unspecified atom stereocenters. The van der Waals surface area contributed by atoms with Crippen molar-refractivity contribution in [3.8, 4) is 0 Å². The molecule has 1 aromatic rings. The number of hydrogen-bond donors (Lipinski definition) is 2. The Hall–Kier alpha value is -1.22. The van der Waals surface area contributed by atoms with E-state index in [1.807, 2.05) is 0 Å². The number of halogens is 2. The molecule has 0 spiro atoms. The molecule has 1 aliphatic heterocycles. The zero-order valence-electron chi connectivity index (χ0n) is 13.5. The minimum atomic E-state index is -3.81.